The molecule has 3 aliphatic rings. The van der Waals surface area contributed by atoms with Gasteiger partial charge in [-0.2, -0.15) is 0 Å². The van der Waals surface area contributed by atoms with Crippen molar-refractivity contribution in [2.45, 2.75) is 31.0 Å². The topological polar surface area (TPSA) is 64.5 Å². The Hall–Kier alpha value is -2.47. The van der Waals surface area contributed by atoms with Gasteiger partial charge in [-0.15, -0.1) is 0 Å². The van der Waals surface area contributed by atoms with Gasteiger partial charge in [0.1, 0.15) is 17.2 Å². The van der Waals surface area contributed by atoms with E-state index < -0.39 is 5.60 Å². The second kappa shape index (κ2) is 5.52. The second-order valence-electron chi connectivity index (χ2n) is 7.00. The number of rotatable bonds is 4. The quantitative estimate of drug-likeness (QED) is 0.854. The predicted molar refractivity (Wildman–Crippen MR) is 89.0 cm³/mol. The summed E-state index contributed by atoms with van der Waals surface area (Å²) in [5.74, 6) is 2.16. The molecule has 0 atom stereocenters. The van der Waals surface area contributed by atoms with Gasteiger partial charge in [-0.25, -0.2) is 9.97 Å². The molecule has 1 aromatic carbocycles. The van der Waals surface area contributed by atoms with E-state index in [1.807, 2.05) is 36.5 Å². The molecule has 0 unspecified atom stereocenters. The van der Waals surface area contributed by atoms with Gasteiger partial charge in [-0.05, 0) is 25.0 Å². The summed E-state index contributed by atoms with van der Waals surface area (Å²) in [6.45, 7) is 1.65. The molecule has 25 heavy (non-hydrogen) atoms. The molecule has 0 radical (unpaired) electrons. The first kappa shape index (κ1) is 14.8. The van der Waals surface area contributed by atoms with Crippen LogP contribution in [0.15, 0.2) is 36.5 Å². The zero-order chi connectivity index (χ0) is 16.9. The van der Waals surface area contributed by atoms with Crippen LogP contribution in [0.2, 0.25) is 0 Å². The van der Waals surface area contributed by atoms with E-state index in [0.717, 1.165) is 17.1 Å². The molecule has 1 saturated carbocycles. The summed E-state index contributed by atoms with van der Waals surface area (Å²) in [4.78, 5) is 23.3. The van der Waals surface area contributed by atoms with Crippen LogP contribution in [-0.4, -0.2) is 40.5 Å². The number of hydrogen-bond acceptors (Lipinski definition) is 5. The molecule has 1 spiro atoms. The third-order valence-corrected chi connectivity index (χ3v) is 5.16. The van der Waals surface area contributed by atoms with Gasteiger partial charge in [0, 0.05) is 17.7 Å². The number of para-hydroxylation sites is 1. The summed E-state index contributed by atoms with van der Waals surface area (Å²) in [6, 6.07) is 9.38. The minimum atomic E-state index is -0.417. The van der Waals surface area contributed by atoms with Gasteiger partial charge < -0.3 is 14.4 Å². The maximum absolute atomic E-state index is 12.3. The molecule has 1 aromatic heterocycles. The van der Waals surface area contributed by atoms with Gasteiger partial charge in [0.05, 0.1) is 25.4 Å². The summed E-state index contributed by atoms with van der Waals surface area (Å²) < 4.78 is 11.5. The van der Waals surface area contributed by atoms with Crippen molar-refractivity contribution in [2.75, 3.05) is 19.7 Å². The molecule has 1 amide bonds. The van der Waals surface area contributed by atoms with Crippen LogP contribution in [0.3, 0.4) is 0 Å². The van der Waals surface area contributed by atoms with Crippen LogP contribution in [0, 0.1) is 0 Å². The Balaban J connectivity index is 1.22. The van der Waals surface area contributed by atoms with Crippen LogP contribution < -0.4 is 4.74 Å². The third kappa shape index (κ3) is 2.57. The fourth-order valence-electron chi connectivity index (χ4n) is 3.51. The monoisotopic (exact) mass is 337 g/mol. The molecular formula is C19H19N3O3. The van der Waals surface area contributed by atoms with Crippen LogP contribution >= 0.6 is 0 Å². The highest BCUT2D eigenvalue weighted by Gasteiger charge is 2.52. The molecule has 0 bridgehead atoms. The standard InChI is InChI=1S/C19H19N3O3/c23-17(10-24-14-4-2-1-3-5-14)22-11-19(12-22)15-8-20-18(13-6-7-13)21-16(15)9-25-19/h1-5,8,13H,6-7,9-12H2. The first-order chi connectivity index (χ1) is 12.2. The maximum Gasteiger partial charge on any atom is 0.260 e. The highest BCUT2D eigenvalue weighted by atomic mass is 16.5. The Kier molecular flexibility index (Phi) is 3.28. The summed E-state index contributed by atoms with van der Waals surface area (Å²) in [7, 11) is 0. The number of nitrogens with zero attached hydrogens (tertiary/aromatic N) is 3. The number of amides is 1. The van der Waals surface area contributed by atoms with Crippen LogP contribution in [0.5, 0.6) is 5.75 Å². The lowest BCUT2D eigenvalue weighted by atomic mass is 9.87. The molecule has 1 saturated heterocycles. The molecule has 5 rings (SSSR count). The number of carbonyl (C=O) groups excluding carboxylic acids is 1. The van der Waals surface area contributed by atoms with Crippen molar-refractivity contribution in [3.8, 4) is 5.75 Å². The van der Waals surface area contributed by atoms with E-state index in [1.165, 1.54) is 12.8 Å². The minimum absolute atomic E-state index is 0.0259. The van der Waals surface area contributed by atoms with E-state index in [1.54, 1.807) is 4.90 Å². The van der Waals surface area contributed by atoms with E-state index in [9.17, 15) is 4.79 Å². The van der Waals surface area contributed by atoms with Crippen molar-refractivity contribution >= 4 is 5.91 Å². The third-order valence-electron chi connectivity index (χ3n) is 5.16. The summed E-state index contributed by atoms with van der Waals surface area (Å²) in [5, 5.41) is 0. The number of ether oxygens (including phenoxy) is 2. The van der Waals surface area contributed by atoms with E-state index in [4.69, 9.17) is 9.47 Å². The molecule has 2 aliphatic heterocycles. The molecule has 1 aliphatic carbocycles. The van der Waals surface area contributed by atoms with Gasteiger partial charge in [0.25, 0.3) is 5.91 Å². The fraction of sp³-hybridized carbons (Fsp3) is 0.421. The molecule has 6 nitrogen and oxygen atoms in total. The van der Waals surface area contributed by atoms with Crippen LogP contribution in [0.25, 0.3) is 0 Å². The predicted octanol–water partition coefficient (Wildman–Crippen LogP) is 2.00. The first-order valence-electron chi connectivity index (χ1n) is 8.69. The number of fused-ring (bicyclic) bond motifs is 2. The highest BCUT2D eigenvalue weighted by molar-refractivity contribution is 5.79. The fourth-order valence-corrected chi connectivity index (χ4v) is 3.51. The highest BCUT2D eigenvalue weighted by Crippen LogP contribution is 2.44. The Labute approximate surface area is 145 Å². The first-order valence-corrected chi connectivity index (χ1v) is 8.69. The van der Waals surface area contributed by atoms with Crippen LogP contribution in [0.4, 0.5) is 0 Å². The average molecular weight is 337 g/mol. The smallest absolute Gasteiger partial charge is 0.260 e. The van der Waals surface area contributed by atoms with Crippen LogP contribution in [0.1, 0.15) is 35.8 Å². The molecule has 2 fully saturated rings. The molecule has 2 aromatic rings. The normalized spacial score (nSPS) is 20.2. The van der Waals surface area contributed by atoms with E-state index in [0.29, 0.717) is 31.4 Å². The van der Waals surface area contributed by atoms with Crippen molar-refractivity contribution < 1.29 is 14.3 Å². The molecule has 6 heteroatoms. The number of benzene rings is 1. The van der Waals surface area contributed by atoms with Crippen molar-refractivity contribution in [3.05, 3.63) is 53.6 Å². The van der Waals surface area contributed by atoms with E-state index >= 15 is 0 Å². The number of likely N-dealkylation sites (tertiary alicyclic amines) is 1. The van der Waals surface area contributed by atoms with Crippen molar-refractivity contribution in [2.24, 2.45) is 0 Å². The minimum Gasteiger partial charge on any atom is -0.484 e. The Bertz CT molecular complexity index is 814. The lowest BCUT2D eigenvalue weighted by molar-refractivity contribution is -0.170. The van der Waals surface area contributed by atoms with Gasteiger partial charge in [0.15, 0.2) is 6.61 Å². The Morgan fingerprint density at radius 2 is 2.08 bits per heavy atom. The summed E-state index contributed by atoms with van der Waals surface area (Å²) >= 11 is 0. The summed E-state index contributed by atoms with van der Waals surface area (Å²) in [6.07, 6.45) is 4.29. The van der Waals surface area contributed by atoms with E-state index in [-0.39, 0.29) is 12.5 Å². The zero-order valence-corrected chi connectivity index (χ0v) is 13.9. The number of hydrogen-bond donors (Lipinski definition) is 0. The second-order valence-corrected chi connectivity index (χ2v) is 7.00. The number of carbonyl (C=O) groups is 1. The van der Waals surface area contributed by atoms with Crippen molar-refractivity contribution in [1.82, 2.24) is 14.9 Å². The van der Waals surface area contributed by atoms with Gasteiger partial charge in [0.2, 0.25) is 0 Å². The Morgan fingerprint density at radius 1 is 1.28 bits per heavy atom. The molecule has 3 heterocycles. The molecular weight excluding hydrogens is 318 g/mol. The van der Waals surface area contributed by atoms with Crippen molar-refractivity contribution in [3.63, 3.8) is 0 Å². The molecule has 0 N–H and O–H groups in total. The lowest BCUT2D eigenvalue weighted by Crippen LogP contribution is -2.62. The van der Waals surface area contributed by atoms with Crippen LogP contribution in [-0.2, 0) is 21.7 Å². The Morgan fingerprint density at radius 3 is 2.84 bits per heavy atom. The summed E-state index contributed by atoms with van der Waals surface area (Å²) in [5.41, 5.74) is 1.62. The van der Waals surface area contributed by atoms with Gasteiger partial charge in [-0.1, -0.05) is 18.2 Å². The average Bonchev–Trinajstić information content (AvgIpc) is 3.39. The van der Waals surface area contributed by atoms with Gasteiger partial charge >= 0.3 is 0 Å². The molecule has 128 valence electrons. The zero-order valence-electron chi connectivity index (χ0n) is 13.9. The number of aromatic nitrogens is 2. The largest absolute Gasteiger partial charge is 0.484 e. The van der Waals surface area contributed by atoms with E-state index in [2.05, 4.69) is 9.97 Å². The maximum atomic E-state index is 12.3. The lowest BCUT2D eigenvalue weighted by Gasteiger charge is -2.47. The SMILES string of the molecule is O=C(COc1ccccc1)N1CC2(C1)OCc1nc(C3CC3)ncc12. The van der Waals surface area contributed by atoms with Crippen molar-refractivity contribution in [1.29, 1.82) is 0 Å². The van der Waals surface area contributed by atoms with Gasteiger partial charge in [-0.3, -0.25) is 4.79 Å².